The first-order chi connectivity index (χ1) is 11.7. The number of hydrogen-bond donors (Lipinski definition) is 2. The maximum atomic E-state index is 11.2. The maximum Gasteiger partial charge on any atom is 0.248 e. The van der Waals surface area contributed by atoms with Gasteiger partial charge in [-0.05, 0) is 36.4 Å². The summed E-state index contributed by atoms with van der Waals surface area (Å²) < 4.78 is 0. The van der Waals surface area contributed by atoms with Crippen LogP contribution in [0.1, 0.15) is 16.1 Å². The lowest BCUT2D eigenvalue weighted by atomic mass is 10.1. The maximum absolute atomic E-state index is 11.2. The zero-order valence-corrected chi connectivity index (χ0v) is 13.0. The van der Waals surface area contributed by atoms with Gasteiger partial charge in [0.2, 0.25) is 5.91 Å². The molecule has 0 saturated heterocycles. The molecular weight excluding hydrogens is 302 g/mol. The summed E-state index contributed by atoms with van der Waals surface area (Å²) in [6.07, 6.45) is 5.92. The number of amides is 1. The zero-order valence-electron chi connectivity index (χ0n) is 13.0. The van der Waals surface area contributed by atoms with Gasteiger partial charge in [-0.3, -0.25) is 19.7 Å². The second kappa shape index (κ2) is 7.32. The molecule has 3 rings (SSSR count). The summed E-state index contributed by atoms with van der Waals surface area (Å²) in [5, 5.41) is 3.30. The van der Waals surface area contributed by atoms with Crippen LogP contribution in [0.4, 0.5) is 5.69 Å². The minimum Gasteiger partial charge on any atom is -0.383 e. The lowest BCUT2D eigenvalue weighted by molar-refractivity contribution is 0.1000. The Bertz CT molecular complexity index is 818. The summed E-state index contributed by atoms with van der Waals surface area (Å²) in [6, 6.07) is 12.9. The lowest BCUT2D eigenvalue weighted by Crippen LogP contribution is -2.11. The first-order valence-electron chi connectivity index (χ1n) is 7.58. The summed E-state index contributed by atoms with van der Waals surface area (Å²) in [5.41, 5.74) is 8.97. The number of nitrogens with zero attached hydrogens (tertiary/aromatic N) is 3. The Balaban J connectivity index is 1.63. The van der Waals surface area contributed by atoms with Crippen molar-refractivity contribution in [2.45, 2.75) is 6.42 Å². The number of carbonyl (C=O) groups excluding carboxylic acids is 1. The van der Waals surface area contributed by atoms with E-state index in [-0.39, 0.29) is 0 Å². The van der Waals surface area contributed by atoms with Gasteiger partial charge in [0.05, 0.1) is 23.3 Å². The molecule has 0 aromatic carbocycles. The Morgan fingerprint density at radius 2 is 1.92 bits per heavy atom. The van der Waals surface area contributed by atoms with E-state index in [9.17, 15) is 4.79 Å². The normalized spacial score (nSPS) is 10.3. The number of pyridine rings is 3. The molecule has 24 heavy (non-hydrogen) atoms. The van der Waals surface area contributed by atoms with Crippen LogP contribution in [0.2, 0.25) is 0 Å². The molecule has 0 spiro atoms. The summed E-state index contributed by atoms with van der Waals surface area (Å²) in [6.45, 7) is 0.771. The van der Waals surface area contributed by atoms with Crippen LogP contribution in [-0.2, 0) is 6.42 Å². The smallest absolute Gasteiger partial charge is 0.248 e. The molecule has 6 heteroatoms. The molecule has 0 aliphatic carbocycles. The quantitative estimate of drug-likeness (QED) is 0.727. The van der Waals surface area contributed by atoms with E-state index < -0.39 is 5.91 Å². The van der Waals surface area contributed by atoms with E-state index in [2.05, 4.69) is 20.3 Å². The van der Waals surface area contributed by atoms with Gasteiger partial charge in [-0.2, -0.15) is 0 Å². The molecule has 0 fully saturated rings. The Labute approximate surface area is 139 Å². The fraction of sp³-hybridized carbons (Fsp3) is 0.111. The van der Waals surface area contributed by atoms with Gasteiger partial charge in [-0.25, -0.2) is 0 Å². The van der Waals surface area contributed by atoms with Gasteiger partial charge >= 0.3 is 0 Å². The summed E-state index contributed by atoms with van der Waals surface area (Å²) in [7, 11) is 0. The molecular formula is C18H17N5O. The van der Waals surface area contributed by atoms with E-state index in [0.717, 1.165) is 24.3 Å². The molecule has 3 aromatic heterocycles. The number of primary amides is 1. The van der Waals surface area contributed by atoms with E-state index in [4.69, 9.17) is 5.73 Å². The van der Waals surface area contributed by atoms with Crippen molar-refractivity contribution in [3.05, 3.63) is 72.3 Å². The first-order valence-corrected chi connectivity index (χ1v) is 7.58. The SMILES string of the molecule is NC(=O)c1ccnc(-c2ccc(NCCc3ccccn3)cn2)c1. The third-order valence-electron chi connectivity index (χ3n) is 3.51. The van der Waals surface area contributed by atoms with Crippen LogP contribution in [0, 0.1) is 0 Å². The fourth-order valence-corrected chi connectivity index (χ4v) is 2.25. The van der Waals surface area contributed by atoms with Crippen LogP contribution in [0.3, 0.4) is 0 Å². The predicted molar refractivity (Wildman–Crippen MR) is 92.4 cm³/mol. The summed E-state index contributed by atoms with van der Waals surface area (Å²) in [4.78, 5) is 24.1. The Kier molecular flexibility index (Phi) is 4.76. The number of anilines is 1. The average Bonchev–Trinajstić information content (AvgIpc) is 2.63. The number of nitrogens with one attached hydrogen (secondary N) is 1. The largest absolute Gasteiger partial charge is 0.383 e. The van der Waals surface area contributed by atoms with Gasteiger partial charge in [-0.1, -0.05) is 6.07 Å². The highest BCUT2D eigenvalue weighted by molar-refractivity contribution is 5.93. The minimum absolute atomic E-state index is 0.416. The van der Waals surface area contributed by atoms with Crippen molar-refractivity contribution in [3.8, 4) is 11.4 Å². The molecule has 1 amide bonds. The highest BCUT2D eigenvalue weighted by Gasteiger charge is 2.05. The Morgan fingerprint density at radius 1 is 1.00 bits per heavy atom. The number of nitrogens with two attached hydrogens (primary N) is 1. The van der Waals surface area contributed by atoms with E-state index in [0.29, 0.717) is 17.0 Å². The average molecular weight is 319 g/mol. The third kappa shape index (κ3) is 3.92. The topological polar surface area (TPSA) is 93.8 Å². The second-order valence-corrected chi connectivity index (χ2v) is 5.22. The standard InChI is InChI=1S/C18H17N5O/c19-18(24)13-6-9-22-17(11-13)16-5-4-15(12-23-16)21-10-7-14-3-1-2-8-20-14/h1-6,8-9,11-12,21H,7,10H2,(H2,19,24). The van der Waals surface area contributed by atoms with Gasteiger partial charge < -0.3 is 11.1 Å². The van der Waals surface area contributed by atoms with Crippen LogP contribution < -0.4 is 11.1 Å². The number of aromatic nitrogens is 3. The highest BCUT2D eigenvalue weighted by atomic mass is 16.1. The van der Waals surface area contributed by atoms with Crippen LogP contribution in [0.5, 0.6) is 0 Å². The number of carbonyl (C=O) groups is 1. The first kappa shape index (κ1) is 15.6. The molecule has 3 aromatic rings. The fourth-order valence-electron chi connectivity index (χ4n) is 2.25. The van der Waals surface area contributed by atoms with E-state index in [1.807, 2.05) is 30.3 Å². The third-order valence-corrected chi connectivity index (χ3v) is 3.51. The van der Waals surface area contributed by atoms with Crippen molar-refractivity contribution in [1.82, 2.24) is 15.0 Å². The summed E-state index contributed by atoms with van der Waals surface area (Å²) in [5.74, 6) is -0.480. The van der Waals surface area contributed by atoms with Crippen LogP contribution in [0.15, 0.2) is 61.1 Å². The monoisotopic (exact) mass is 319 g/mol. The molecule has 0 radical (unpaired) electrons. The van der Waals surface area contributed by atoms with Gasteiger partial charge in [-0.15, -0.1) is 0 Å². The van der Waals surface area contributed by atoms with Crippen molar-refractivity contribution in [2.24, 2.45) is 5.73 Å². The molecule has 0 bridgehead atoms. The number of rotatable bonds is 6. The molecule has 0 aliphatic rings. The van der Waals surface area contributed by atoms with Crippen molar-refractivity contribution >= 4 is 11.6 Å². The van der Waals surface area contributed by atoms with Crippen LogP contribution >= 0.6 is 0 Å². The van der Waals surface area contributed by atoms with Crippen molar-refractivity contribution in [2.75, 3.05) is 11.9 Å². The van der Waals surface area contributed by atoms with E-state index >= 15 is 0 Å². The Hall–Kier alpha value is -3.28. The highest BCUT2D eigenvalue weighted by Crippen LogP contribution is 2.17. The second-order valence-electron chi connectivity index (χ2n) is 5.22. The minimum atomic E-state index is -0.480. The summed E-state index contributed by atoms with van der Waals surface area (Å²) >= 11 is 0. The molecule has 0 atom stereocenters. The van der Waals surface area contributed by atoms with Gasteiger partial charge in [0.25, 0.3) is 0 Å². The molecule has 120 valence electrons. The molecule has 0 saturated carbocycles. The van der Waals surface area contributed by atoms with E-state index in [1.54, 1.807) is 30.7 Å². The van der Waals surface area contributed by atoms with Gasteiger partial charge in [0, 0.05) is 36.6 Å². The van der Waals surface area contributed by atoms with Gasteiger partial charge in [0.15, 0.2) is 0 Å². The zero-order chi connectivity index (χ0) is 16.8. The van der Waals surface area contributed by atoms with Crippen LogP contribution in [0.25, 0.3) is 11.4 Å². The molecule has 3 N–H and O–H groups in total. The van der Waals surface area contributed by atoms with E-state index in [1.165, 1.54) is 0 Å². The lowest BCUT2D eigenvalue weighted by Gasteiger charge is -2.07. The van der Waals surface area contributed by atoms with Crippen molar-refractivity contribution in [3.63, 3.8) is 0 Å². The van der Waals surface area contributed by atoms with Gasteiger partial charge in [0.1, 0.15) is 0 Å². The van der Waals surface area contributed by atoms with Crippen LogP contribution in [-0.4, -0.2) is 27.4 Å². The predicted octanol–water partition coefficient (Wildman–Crippen LogP) is 2.29. The van der Waals surface area contributed by atoms with Crippen molar-refractivity contribution < 1.29 is 4.79 Å². The number of hydrogen-bond acceptors (Lipinski definition) is 5. The molecule has 3 heterocycles. The molecule has 6 nitrogen and oxygen atoms in total. The molecule has 0 aliphatic heterocycles. The Morgan fingerprint density at radius 3 is 2.62 bits per heavy atom. The molecule has 0 unspecified atom stereocenters. The van der Waals surface area contributed by atoms with Crippen molar-refractivity contribution in [1.29, 1.82) is 0 Å².